The largest absolute Gasteiger partial charge is 0.345 e. The highest BCUT2D eigenvalue weighted by molar-refractivity contribution is 6.07. The minimum atomic E-state index is -0.222. The molecule has 1 atom stereocenters. The van der Waals surface area contributed by atoms with Crippen LogP contribution in [0.4, 0.5) is 0 Å². The van der Waals surface area contributed by atoms with Crippen LogP contribution in [0.15, 0.2) is 22.9 Å². The molecule has 0 bridgehead atoms. The molecule has 4 heterocycles. The lowest BCUT2D eigenvalue weighted by Gasteiger charge is -2.15. The molecule has 1 amide bonds. The molecule has 1 N–H and O–H groups in total. The van der Waals surface area contributed by atoms with E-state index in [1.54, 1.807) is 13.0 Å². The third-order valence-electron chi connectivity index (χ3n) is 5.43. The van der Waals surface area contributed by atoms with Gasteiger partial charge in [-0.3, -0.25) is 14.2 Å². The van der Waals surface area contributed by atoms with Crippen LogP contribution in [0.25, 0.3) is 22.5 Å². The molecular weight excluding hydrogens is 382 g/mol. The minimum absolute atomic E-state index is 0.211. The van der Waals surface area contributed by atoms with Gasteiger partial charge in [0.05, 0.1) is 34.1 Å². The van der Waals surface area contributed by atoms with Gasteiger partial charge in [-0.1, -0.05) is 5.16 Å². The average Bonchev–Trinajstić information content (AvgIpc) is 3.39. The zero-order chi connectivity index (χ0) is 21.6. The first-order valence-corrected chi connectivity index (χ1v) is 9.92. The van der Waals surface area contributed by atoms with E-state index in [0.29, 0.717) is 33.7 Å². The van der Waals surface area contributed by atoms with Crippen molar-refractivity contribution < 1.29 is 9.32 Å². The summed E-state index contributed by atoms with van der Waals surface area (Å²) in [6, 6.07) is 3.41. The van der Waals surface area contributed by atoms with E-state index in [0.717, 1.165) is 23.5 Å². The van der Waals surface area contributed by atoms with Crippen molar-refractivity contribution in [2.75, 3.05) is 0 Å². The van der Waals surface area contributed by atoms with Gasteiger partial charge in [-0.15, -0.1) is 0 Å². The second-order valence-electron chi connectivity index (χ2n) is 7.46. The summed E-state index contributed by atoms with van der Waals surface area (Å²) in [5.74, 6) is -0.222. The van der Waals surface area contributed by atoms with Crippen LogP contribution < -0.4 is 5.32 Å². The molecule has 0 aliphatic carbocycles. The number of carbonyl (C=O) groups is 1. The van der Waals surface area contributed by atoms with Gasteiger partial charge in [0.15, 0.2) is 0 Å². The Morgan fingerprint density at radius 3 is 2.60 bits per heavy atom. The van der Waals surface area contributed by atoms with Crippen molar-refractivity contribution in [3.8, 4) is 11.4 Å². The molecule has 4 aromatic heterocycles. The third kappa shape index (κ3) is 3.26. The Morgan fingerprint density at radius 1 is 1.20 bits per heavy atom. The zero-order valence-electron chi connectivity index (χ0n) is 18.0. The van der Waals surface area contributed by atoms with Crippen molar-refractivity contribution in [3.05, 3.63) is 46.5 Å². The van der Waals surface area contributed by atoms with Crippen LogP contribution in [0.2, 0.25) is 0 Å². The van der Waals surface area contributed by atoms with Crippen LogP contribution in [0, 0.1) is 20.8 Å². The van der Waals surface area contributed by atoms with Crippen molar-refractivity contribution in [1.29, 1.82) is 0 Å². The smallest absolute Gasteiger partial charge is 0.259 e. The molecular formula is C21H25N7O2. The Labute approximate surface area is 174 Å². The second kappa shape index (κ2) is 7.40. The van der Waals surface area contributed by atoms with Gasteiger partial charge >= 0.3 is 0 Å². The molecule has 9 heteroatoms. The van der Waals surface area contributed by atoms with Gasteiger partial charge < -0.3 is 9.84 Å². The maximum Gasteiger partial charge on any atom is 0.259 e. The predicted molar refractivity (Wildman–Crippen MR) is 112 cm³/mol. The molecule has 4 aromatic rings. The Hall–Kier alpha value is -3.49. The standard InChI is InChI=1S/C21H25N7O2/c1-7-28-9-8-16(25-28)17-10-15(19-13(4)26-30-21(19)23-17)20(29)22-11(2)18-12(3)24-27(6)14(18)5/h8-11H,7H2,1-6H3,(H,22,29)/t11-/m0/s1. The Balaban J connectivity index is 1.75. The van der Waals surface area contributed by atoms with Crippen molar-refractivity contribution in [1.82, 2.24) is 35.0 Å². The van der Waals surface area contributed by atoms with Gasteiger partial charge in [0, 0.05) is 31.0 Å². The number of amides is 1. The van der Waals surface area contributed by atoms with Gasteiger partial charge in [-0.25, -0.2) is 4.98 Å². The molecule has 0 aliphatic rings. The minimum Gasteiger partial charge on any atom is -0.345 e. The number of pyridine rings is 1. The summed E-state index contributed by atoms with van der Waals surface area (Å²) in [6.45, 7) is 10.5. The molecule has 0 aromatic carbocycles. The summed E-state index contributed by atoms with van der Waals surface area (Å²) < 4.78 is 9.01. The summed E-state index contributed by atoms with van der Waals surface area (Å²) in [5, 5.41) is 16.7. The van der Waals surface area contributed by atoms with Crippen molar-refractivity contribution >= 4 is 17.0 Å². The van der Waals surface area contributed by atoms with Crippen LogP contribution in [0.5, 0.6) is 0 Å². The molecule has 9 nitrogen and oxygen atoms in total. The first-order chi connectivity index (χ1) is 14.3. The molecule has 0 fully saturated rings. The van der Waals surface area contributed by atoms with E-state index in [4.69, 9.17) is 4.52 Å². The monoisotopic (exact) mass is 407 g/mol. The lowest BCUT2D eigenvalue weighted by atomic mass is 10.0. The van der Waals surface area contributed by atoms with E-state index < -0.39 is 0 Å². The maximum atomic E-state index is 13.3. The number of carbonyl (C=O) groups excluding carboxylic acids is 1. The highest BCUT2D eigenvalue weighted by atomic mass is 16.5. The quantitative estimate of drug-likeness (QED) is 0.545. The van der Waals surface area contributed by atoms with Gasteiger partial charge in [0.1, 0.15) is 5.69 Å². The van der Waals surface area contributed by atoms with E-state index in [9.17, 15) is 4.79 Å². The molecule has 0 saturated carbocycles. The summed E-state index contributed by atoms with van der Waals surface area (Å²) in [6.07, 6.45) is 1.88. The van der Waals surface area contributed by atoms with E-state index in [1.807, 2.05) is 56.4 Å². The van der Waals surface area contributed by atoms with E-state index in [1.165, 1.54) is 0 Å². The first-order valence-electron chi connectivity index (χ1n) is 9.92. The SMILES string of the molecule is CCn1ccc(-c2cc(C(=O)N[C@@H](C)c3c(C)nn(C)c3C)c3c(C)noc3n2)n1. The van der Waals surface area contributed by atoms with Crippen LogP contribution in [-0.2, 0) is 13.6 Å². The van der Waals surface area contributed by atoms with E-state index in [2.05, 4.69) is 25.7 Å². The lowest BCUT2D eigenvalue weighted by Crippen LogP contribution is -2.27. The number of rotatable bonds is 5. The van der Waals surface area contributed by atoms with Crippen LogP contribution in [-0.4, -0.2) is 35.6 Å². The highest BCUT2D eigenvalue weighted by Crippen LogP contribution is 2.27. The summed E-state index contributed by atoms with van der Waals surface area (Å²) >= 11 is 0. The van der Waals surface area contributed by atoms with Crippen LogP contribution in [0.1, 0.15) is 52.9 Å². The van der Waals surface area contributed by atoms with Crippen molar-refractivity contribution in [3.63, 3.8) is 0 Å². The molecule has 0 aliphatic heterocycles. The lowest BCUT2D eigenvalue weighted by molar-refractivity contribution is 0.0941. The molecule has 156 valence electrons. The topological polar surface area (TPSA) is 104 Å². The molecule has 0 unspecified atom stereocenters. The Bertz CT molecular complexity index is 1250. The zero-order valence-corrected chi connectivity index (χ0v) is 18.0. The van der Waals surface area contributed by atoms with Gasteiger partial charge in [-0.2, -0.15) is 10.2 Å². The first kappa shape index (κ1) is 19.8. The number of fused-ring (bicyclic) bond motifs is 1. The molecule has 0 radical (unpaired) electrons. The molecule has 30 heavy (non-hydrogen) atoms. The number of aryl methyl sites for hydroxylation is 4. The summed E-state index contributed by atoms with van der Waals surface area (Å²) in [5.41, 5.74) is 5.58. The fraction of sp³-hybridized carbons (Fsp3) is 0.381. The van der Waals surface area contributed by atoms with Crippen molar-refractivity contribution in [2.45, 2.75) is 47.2 Å². The van der Waals surface area contributed by atoms with Crippen molar-refractivity contribution in [2.24, 2.45) is 7.05 Å². The second-order valence-corrected chi connectivity index (χ2v) is 7.46. The number of hydrogen-bond acceptors (Lipinski definition) is 6. The summed E-state index contributed by atoms with van der Waals surface area (Å²) in [4.78, 5) is 17.8. The predicted octanol–water partition coefficient (Wildman–Crippen LogP) is 3.26. The maximum absolute atomic E-state index is 13.3. The number of aromatic nitrogens is 6. The number of nitrogens with zero attached hydrogens (tertiary/aromatic N) is 6. The van der Waals surface area contributed by atoms with Crippen LogP contribution in [0.3, 0.4) is 0 Å². The van der Waals surface area contributed by atoms with E-state index in [-0.39, 0.29) is 11.9 Å². The molecule has 0 spiro atoms. The number of nitrogens with one attached hydrogen (secondary N) is 1. The fourth-order valence-corrected chi connectivity index (χ4v) is 3.84. The Kier molecular flexibility index (Phi) is 4.89. The molecule has 0 saturated heterocycles. The fourth-order valence-electron chi connectivity index (χ4n) is 3.84. The average molecular weight is 407 g/mol. The molecule has 4 rings (SSSR count). The van der Waals surface area contributed by atoms with Gasteiger partial charge in [-0.05, 0) is 46.8 Å². The van der Waals surface area contributed by atoms with Crippen LogP contribution >= 0.6 is 0 Å². The van der Waals surface area contributed by atoms with Gasteiger partial charge in [0.2, 0.25) is 0 Å². The highest BCUT2D eigenvalue weighted by Gasteiger charge is 2.23. The number of hydrogen-bond donors (Lipinski definition) is 1. The third-order valence-corrected chi connectivity index (χ3v) is 5.43. The van der Waals surface area contributed by atoms with Gasteiger partial charge in [0.25, 0.3) is 11.6 Å². The normalized spacial score (nSPS) is 12.5. The van der Waals surface area contributed by atoms with E-state index >= 15 is 0 Å². The summed E-state index contributed by atoms with van der Waals surface area (Å²) in [7, 11) is 1.90. The Morgan fingerprint density at radius 2 is 1.97 bits per heavy atom.